The molecule has 0 spiro atoms. The van der Waals surface area contributed by atoms with Gasteiger partial charge in [-0.15, -0.1) is 0 Å². The monoisotopic (exact) mass is 341 g/mol. The topological polar surface area (TPSA) is 64.5 Å². The number of nitrogens with zero attached hydrogens (tertiary/aromatic N) is 3. The van der Waals surface area contributed by atoms with Gasteiger partial charge in [0.15, 0.2) is 11.8 Å². The minimum absolute atomic E-state index is 0.0693. The van der Waals surface area contributed by atoms with E-state index in [9.17, 15) is 4.79 Å². The molecular formula is C16H24ClN3O3. The van der Waals surface area contributed by atoms with Crippen LogP contribution >= 0.6 is 11.6 Å². The van der Waals surface area contributed by atoms with E-state index in [4.69, 9.17) is 21.1 Å². The van der Waals surface area contributed by atoms with Crippen molar-refractivity contribution in [2.24, 2.45) is 5.92 Å². The van der Waals surface area contributed by atoms with E-state index in [1.54, 1.807) is 11.9 Å². The molecule has 0 saturated heterocycles. The van der Waals surface area contributed by atoms with Gasteiger partial charge in [-0.3, -0.25) is 9.78 Å². The highest BCUT2D eigenvalue weighted by Crippen LogP contribution is 2.33. The largest absolute Gasteiger partial charge is 0.466 e. The highest BCUT2D eigenvalue weighted by Gasteiger charge is 2.34. The third-order valence-electron chi connectivity index (χ3n) is 3.60. The molecule has 23 heavy (non-hydrogen) atoms. The Bertz CT molecular complexity index is 542. The van der Waals surface area contributed by atoms with E-state index in [0.717, 1.165) is 12.8 Å². The van der Waals surface area contributed by atoms with Crippen LogP contribution < -0.4 is 4.74 Å². The zero-order valence-electron chi connectivity index (χ0n) is 14.1. The smallest absolute Gasteiger partial charge is 0.260 e. The van der Waals surface area contributed by atoms with Crippen molar-refractivity contribution < 1.29 is 14.3 Å². The van der Waals surface area contributed by atoms with Crippen LogP contribution in [0.15, 0.2) is 12.4 Å². The zero-order chi connectivity index (χ0) is 17.0. The molecular weight excluding hydrogens is 318 g/mol. The van der Waals surface area contributed by atoms with Crippen LogP contribution in [0.1, 0.15) is 33.6 Å². The molecule has 1 fully saturated rings. The zero-order valence-corrected chi connectivity index (χ0v) is 14.8. The van der Waals surface area contributed by atoms with Crippen LogP contribution in [0.5, 0.6) is 5.88 Å². The van der Waals surface area contributed by atoms with Gasteiger partial charge in [0.1, 0.15) is 0 Å². The predicted molar refractivity (Wildman–Crippen MR) is 87.5 cm³/mol. The van der Waals surface area contributed by atoms with Crippen LogP contribution in [0.3, 0.4) is 0 Å². The second-order valence-corrected chi connectivity index (χ2v) is 7.32. The van der Waals surface area contributed by atoms with Crippen molar-refractivity contribution in [3.63, 3.8) is 0 Å². The number of halogens is 1. The number of likely N-dealkylation sites (N-methyl/N-ethyl adjacent to an activating group) is 1. The Kier molecular flexibility index (Phi) is 5.81. The standard InChI is InChI=1S/C16H24ClN3O3/c1-16(2,3)23-12-5-11(6-12)9-20(4)15(21)10-22-14-8-18-7-13(17)19-14/h7-8,11-12H,5-6,9-10H2,1-4H3. The quantitative estimate of drug-likeness (QED) is 0.795. The van der Waals surface area contributed by atoms with Crippen molar-refractivity contribution in [1.29, 1.82) is 0 Å². The second-order valence-electron chi connectivity index (χ2n) is 6.93. The summed E-state index contributed by atoms with van der Waals surface area (Å²) >= 11 is 5.72. The first-order chi connectivity index (χ1) is 10.7. The summed E-state index contributed by atoms with van der Waals surface area (Å²) in [5.74, 6) is 0.649. The van der Waals surface area contributed by atoms with Crippen LogP contribution in [0.4, 0.5) is 0 Å². The van der Waals surface area contributed by atoms with Crippen molar-refractivity contribution in [2.45, 2.75) is 45.3 Å². The molecule has 0 unspecified atom stereocenters. The van der Waals surface area contributed by atoms with Gasteiger partial charge >= 0.3 is 0 Å². The molecule has 128 valence electrons. The van der Waals surface area contributed by atoms with Gasteiger partial charge in [0.2, 0.25) is 5.88 Å². The fourth-order valence-corrected chi connectivity index (χ4v) is 2.69. The van der Waals surface area contributed by atoms with Gasteiger partial charge in [-0.2, -0.15) is 4.98 Å². The highest BCUT2D eigenvalue weighted by molar-refractivity contribution is 6.29. The normalized spacial score (nSPS) is 20.7. The van der Waals surface area contributed by atoms with Crippen LogP contribution in [0.2, 0.25) is 5.15 Å². The Hall–Kier alpha value is -1.40. The lowest BCUT2D eigenvalue weighted by Gasteiger charge is -2.40. The number of aromatic nitrogens is 2. The van der Waals surface area contributed by atoms with E-state index in [0.29, 0.717) is 18.6 Å². The van der Waals surface area contributed by atoms with Crippen LogP contribution in [0.25, 0.3) is 0 Å². The van der Waals surface area contributed by atoms with Gasteiger partial charge in [-0.05, 0) is 39.5 Å². The van der Waals surface area contributed by atoms with Gasteiger partial charge in [-0.25, -0.2) is 0 Å². The third-order valence-corrected chi connectivity index (χ3v) is 3.78. The van der Waals surface area contributed by atoms with E-state index < -0.39 is 0 Å². The summed E-state index contributed by atoms with van der Waals surface area (Å²) in [6, 6.07) is 0. The van der Waals surface area contributed by atoms with Gasteiger partial charge in [0.05, 0.1) is 24.1 Å². The molecule has 1 heterocycles. The lowest BCUT2D eigenvalue weighted by atomic mass is 9.81. The molecule has 1 aromatic rings. The lowest BCUT2D eigenvalue weighted by Crippen LogP contribution is -2.44. The summed E-state index contributed by atoms with van der Waals surface area (Å²) in [4.78, 5) is 21.6. The SMILES string of the molecule is CN(CC1CC(OC(C)(C)C)C1)C(=O)COc1cncc(Cl)n1. The molecule has 0 aliphatic heterocycles. The highest BCUT2D eigenvalue weighted by atomic mass is 35.5. The molecule has 1 aliphatic rings. The van der Waals surface area contributed by atoms with Gasteiger partial charge in [0, 0.05) is 13.6 Å². The van der Waals surface area contributed by atoms with Crippen molar-refractivity contribution in [3.05, 3.63) is 17.5 Å². The molecule has 0 radical (unpaired) electrons. The van der Waals surface area contributed by atoms with Crippen molar-refractivity contribution in [3.8, 4) is 5.88 Å². The average molecular weight is 342 g/mol. The van der Waals surface area contributed by atoms with E-state index in [-0.39, 0.29) is 29.1 Å². The maximum Gasteiger partial charge on any atom is 0.260 e. The van der Waals surface area contributed by atoms with Crippen molar-refractivity contribution in [2.75, 3.05) is 20.2 Å². The van der Waals surface area contributed by atoms with Gasteiger partial charge < -0.3 is 14.4 Å². The van der Waals surface area contributed by atoms with E-state index in [2.05, 4.69) is 30.7 Å². The Balaban J connectivity index is 1.68. The summed E-state index contributed by atoms with van der Waals surface area (Å²) < 4.78 is 11.2. The number of carbonyl (C=O) groups is 1. The Labute approximate surface area is 142 Å². The molecule has 0 N–H and O–H groups in total. The summed E-state index contributed by atoms with van der Waals surface area (Å²) in [5.41, 5.74) is -0.108. The summed E-state index contributed by atoms with van der Waals surface area (Å²) in [6.07, 6.45) is 5.14. The molecule has 1 aliphatic carbocycles. The fourth-order valence-electron chi connectivity index (χ4n) is 2.55. The number of carbonyl (C=O) groups excluding carboxylic acids is 1. The molecule has 2 rings (SSSR count). The molecule has 1 saturated carbocycles. The van der Waals surface area contributed by atoms with Crippen molar-refractivity contribution in [1.82, 2.24) is 14.9 Å². The minimum Gasteiger partial charge on any atom is -0.466 e. The Morgan fingerprint density at radius 2 is 2.09 bits per heavy atom. The van der Waals surface area contributed by atoms with Crippen molar-refractivity contribution >= 4 is 17.5 Å². The number of rotatable bonds is 6. The summed E-state index contributed by atoms with van der Waals surface area (Å²) in [5, 5.41) is 0.239. The number of hydrogen-bond donors (Lipinski definition) is 0. The maximum absolute atomic E-state index is 12.1. The molecule has 1 aromatic heterocycles. The molecule has 6 nitrogen and oxygen atoms in total. The molecule has 0 aromatic carbocycles. The molecule has 1 amide bonds. The molecule has 7 heteroatoms. The first-order valence-electron chi connectivity index (χ1n) is 7.75. The van der Waals surface area contributed by atoms with E-state index in [1.165, 1.54) is 12.4 Å². The third kappa shape index (κ3) is 5.95. The first-order valence-corrected chi connectivity index (χ1v) is 8.13. The van der Waals surface area contributed by atoms with Crippen LogP contribution in [-0.2, 0) is 9.53 Å². The van der Waals surface area contributed by atoms with Gasteiger partial charge in [-0.1, -0.05) is 11.6 Å². The van der Waals surface area contributed by atoms with E-state index in [1.807, 2.05) is 0 Å². The number of hydrogen-bond acceptors (Lipinski definition) is 5. The predicted octanol–water partition coefficient (Wildman–Crippen LogP) is 2.56. The average Bonchev–Trinajstić information content (AvgIpc) is 2.41. The number of ether oxygens (including phenoxy) is 2. The van der Waals surface area contributed by atoms with Crippen LogP contribution in [-0.4, -0.2) is 52.7 Å². The molecule has 0 atom stereocenters. The second kappa shape index (κ2) is 7.45. The number of amides is 1. The molecule has 0 bridgehead atoms. The minimum atomic E-state index is -0.108. The van der Waals surface area contributed by atoms with E-state index >= 15 is 0 Å². The van der Waals surface area contributed by atoms with Crippen LogP contribution in [0, 0.1) is 5.92 Å². The maximum atomic E-state index is 12.1. The Morgan fingerprint density at radius 1 is 1.39 bits per heavy atom. The first kappa shape index (κ1) is 17.9. The fraction of sp³-hybridized carbons (Fsp3) is 0.688. The summed E-state index contributed by atoms with van der Waals surface area (Å²) in [6.45, 7) is 6.83. The van der Waals surface area contributed by atoms with Gasteiger partial charge in [0.25, 0.3) is 5.91 Å². The Morgan fingerprint density at radius 3 is 2.70 bits per heavy atom. The lowest BCUT2D eigenvalue weighted by molar-refractivity contribution is -0.137. The summed E-state index contributed by atoms with van der Waals surface area (Å²) in [7, 11) is 1.79.